The van der Waals surface area contributed by atoms with Crippen LogP contribution in [0, 0.1) is 0 Å². The highest BCUT2D eigenvalue weighted by molar-refractivity contribution is 5.86. The van der Waals surface area contributed by atoms with E-state index in [1.54, 1.807) is 6.92 Å². The summed E-state index contributed by atoms with van der Waals surface area (Å²) in [5.74, 6) is -0.291. The van der Waals surface area contributed by atoms with Crippen LogP contribution >= 0.6 is 0 Å². The summed E-state index contributed by atoms with van der Waals surface area (Å²) in [7, 11) is 0. The lowest BCUT2D eigenvalue weighted by molar-refractivity contribution is -0.962. The number of carbonyl (C=O) groups excluding carboxylic acids is 1. The summed E-state index contributed by atoms with van der Waals surface area (Å²) in [6.07, 6.45) is -0.103. The van der Waals surface area contributed by atoms with Crippen molar-refractivity contribution in [1.29, 1.82) is 0 Å². The molecule has 0 aliphatic heterocycles. The Morgan fingerprint density at radius 3 is 1.88 bits per heavy atom. The molecule has 0 aliphatic rings. The molecule has 0 bridgehead atoms. The zero-order valence-corrected chi connectivity index (χ0v) is 11.8. The quantitative estimate of drug-likeness (QED) is 0.270. The van der Waals surface area contributed by atoms with E-state index in [-0.39, 0.29) is 24.6 Å². The van der Waals surface area contributed by atoms with Crippen LogP contribution in [0.1, 0.15) is 34.6 Å². The van der Waals surface area contributed by atoms with Gasteiger partial charge in [-0.15, -0.1) is 0 Å². The summed E-state index contributed by atoms with van der Waals surface area (Å²) >= 11 is 0. The first kappa shape index (κ1) is 17.8. The van der Waals surface area contributed by atoms with E-state index >= 15 is 0 Å². The number of ether oxygens (including phenoxy) is 1. The van der Waals surface area contributed by atoms with E-state index in [4.69, 9.17) is 4.74 Å². The van der Waals surface area contributed by atoms with Crippen LogP contribution in [0.15, 0.2) is 12.2 Å². The van der Waals surface area contributed by atoms with Crippen LogP contribution in [0.2, 0.25) is 0 Å². The highest BCUT2D eigenvalue weighted by Crippen LogP contribution is 2.15. The van der Waals surface area contributed by atoms with E-state index in [0.717, 1.165) is 24.1 Å². The third-order valence-corrected chi connectivity index (χ3v) is 3.29. The van der Waals surface area contributed by atoms with Gasteiger partial charge in [0.15, 0.2) is 0 Å². The van der Waals surface area contributed by atoms with Crippen molar-refractivity contribution in [2.75, 3.05) is 19.6 Å². The van der Waals surface area contributed by atoms with Crippen molar-refractivity contribution in [3.8, 4) is 0 Å². The first-order chi connectivity index (χ1) is 6.93. The number of carbonyl (C=O) groups is 1. The minimum atomic E-state index is -0.291. The van der Waals surface area contributed by atoms with Crippen LogP contribution in [-0.2, 0) is 9.53 Å². The average molecular weight is 250 g/mol. The van der Waals surface area contributed by atoms with Gasteiger partial charge in [0, 0.05) is 12.5 Å². The molecule has 16 heavy (non-hydrogen) atoms. The van der Waals surface area contributed by atoms with Crippen LogP contribution in [0.25, 0.3) is 0 Å². The van der Waals surface area contributed by atoms with Crippen molar-refractivity contribution in [2.24, 2.45) is 0 Å². The van der Waals surface area contributed by atoms with Gasteiger partial charge in [0.2, 0.25) is 6.23 Å². The molecule has 0 fully saturated rings. The normalized spacial score (nSPS) is 12.6. The third-order valence-electron chi connectivity index (χ3n) is 3.29. The summed E-state index contributed by atoms with van der Waals surface area (Å²) in [4.78, 5) is 11.4. The molecule has 0 aromatic carbocycles. The van der Waals surface area contributed by atoms with Gasteiger partial charge < -0.3 is 17.1 Å². The molecule has 4 heteroatoms. The minimum Gasteiger partial charge on any atom is -1.00 e. The van der Waals surface area contributed by atoms with Gasteiger partial charge in [0.25, 0.3) is 0 Å². The van der Waals surface area contributed by atoms with Gasteiger partial charge in [-0.25, -0.2) is 4.79 Å². The van der Waals surface area contributed by atoms with E-state index in [1.165, 1.54) is 0 Å². The van der Waals surface area contributed by atoms with Crippen molar-refractivity contribution in [3.63, 3.8) is 0 Å². The van der Waals surface area contributed by atoms with Gasteiger partial charge in [-0.1, -0.05) is 6.58 Å². The number of halogens is 1. The molecule has 0 radical (unpaired) electrons. The number of esters is 1. The van der Waals surface area contributed by atoms with Crippen LogP contribution in [0.4, 0.5) is 0 Å². The predicted molar refractivity (Wildman–Crippen MR) is 62.3 cm³/mol. The molecule has 1 unspecified atom stereocenters. The van der Waals surface area contributed by atoms with Crippen molar-refractivity contribution < 1.29 is 26.4 Å². The topological polar surface area (TPSA) is 26.3 Å². The molecule has 0 aliphatic carbocycles. The molecule has 0 aromatic heterocycles. The van der Waals surface area contributed by atoms with Crippen molar-refractivity contribution in [1.82, 2.24) is 0 Å². The van der Waals surface area contributed by atoms with Crippen LogP contribution in [0.3, 0.4) is 0 Å². The Hall–Kier alpha value is -0.540. The van der Waals surface area contributed by atoms with Crippen molar-refractivity contribution in [2.45, 2.75) is 40.8 Å². The molecule has 0 saturated carbocycles. The van der Waals surface area contributed by atoms with Gasteiger partial charge >= 0.3 is 5.97 Å². The van der Waals surface area contributed by atoms with Crippen LogP contribution in [0.5, 0.6) is 0 Å². The lowest BCUT2D eigenvalue weighted by atomic mass is 10.3. The lowest BCUT2D eigenvalue weighted by Crippen LogP contribution is -3.00. The SMILES string of the molecule is C=C(C)C(=O)OC(C)[N+](CC)(CC)CC.[Cl-]. The average Bonchev–Trinajstić information content (AvgIpc) is 2.21. The summed E-state index contributed by atoms with van der Waals surface area (Å²) in [5, 5.41) is 0. The van der Waals surface area contributed by atoms with Gasteiger partial charge in [0.1, 0.15) is 0 Å². The molecule has 0 rings (SSSR count). The standard InChI is InChI=1S/C12H24NO2.ClH/c1-7-13(8-2,9-3)11(6)15-12(14)10(4)5;/h11H,4,7-9H2,1-3,5-6H3;1H/q+1;/p-1. The molecule has 0 amide bonds. The fourth-order valence-electron chi connectivity index (χ4n) is 1.81. The Balaban J connectivity index is 0. The fourth-order valence-corrected chi connectivity index (χ4v) is 1.81. The Morgan fingerprint density at radius 2 is 1.62 bits per heavy atom. The maximum Gasteiger partial charge on any atom is 0.337 e. The van der Waals surface area contributed by atoms with Crippen molar-refractivity contribution >= 4 is 5.97 Å². The Morgan fingerprint density at radius 1 is 1.25 bits per heavy atom. The van der Waals surface area contributed by atoms with Gasteiger partial charge in [-0.3, -0.25) is 4.48 Å². The molecule has 0 saturated heterocycles. The number of hydrogen-bond acceptors (Lipinski definition) is 2. The molecule has 0 heterocycles. The largest absolute Gasteiger partial charge is 1.00 e. The number of rotatable bonds is 6. The van der Waals surface area contributed by atoms with E-state index in [9.17, 15) is 4.79 Å². The van der Waals surface area contributed by atoms with E-state index in [0.29, 0.717) is 5.57 Å². The fraction of sp³-hybridized carbons (Fsp3) is 0.750. The van der Waals surface area contributed by atoms with Crippen LogP contribution in [-0.4, -0.2) is 36.3 Å². The van der Waals surface area contributed by atoms with E-state index in [2.05, 4.69) is 27.4 Å². The summed E-state index contributed by atoms with van der Waals surface area (Å²) in [6.45, 7) is 16.5. The molecule has 0 aromatic rings. The number of nitrogens with zero attached hydrogens (tertiary/aromatic N) is 1. The first-order valence-corrected chi connectivity index (χ1v) is 5.65. The number of quaternary nitrogens is 1. The second-order valence-electron chi connectivity index (χ2n) is 3.95. The van der Waals surface area contributed by atoms with Gasteiger partial charge in [-0.05, 0) is 27.7 Å². The monoisotopic (exact) mass is 249 g/mol. The summed E-state index contributed by atoms with van der Waals surface area (Å²) in [6, 6.07) is 0. The molecular weight excluding hydrogens is 226 g/mol. The third kappa shape index (κ3) is 4.14. The molecule has 0 N–H and O–H groups in total. The zero-order chi connectivity index (χ0) is 12.1. The first-order valence-electron chi connectivity index (χ1n) is 5.65. The van der Waals surface area contributed by atoms with E-state index < -0.39 is 0 Å². The Labute approximate surface area is 105 Å². The smallest absolute Gasteiger partial charge is 0.337 e. The highest BCUT2D eigenvalue weighted by Gasteiger charge is 2.31. The predicted octanol–water partition coefficient (Wildman–Crippen LogP) is -0.668. The molecule has 1 atom stereocenters. The van der Waals surface area contributed by atoms with Crippen molar-refractivity contribution in [3.05, 3.63) is 12.2 Å². The lowest BCUT2D eigenvalue weighted by Gasteiger charge is -2.40. The molecule has 0 spiro atoms. The molecule has 3 nitrogen and oxygen atoms in total. The Bertz CT molecular complexity index is 229. The van der Waals surface area contributed by atoms with Gasteiger partial charge in [0.05, 0.1) is 19.6 Å². The van der Waals surface area contributed by atoms with Gasteiger partial charge in [-0.2, -0.15) is 0 Å². The summed E-state index contributed by atoms with van der Waals surface area (Å²) < 4.78 is 6.19. The number of hydrogen-bond donors (Lipinski definition) is 0. The second-order valence-corrected chi connectivity index (χ2v) is 3.95. The summed E-state index contributed by atoms with van der Waals surface area (Å²) in [5.41, 5.74) is 0.461. The maximum absolute atomic E-state index is 11.4. The minimum absolute atomic E-state index is 0. The van der Waals surface area contributed by atoms with E-state index in [1.807, 2.05) is 6.92 Å². The highest BCUT2D eigenvalue weighted by atomic mass is 35.5. The maximum atomic E-state index is 11.4. The molecule has 96 valence electrons. The zero-order valence-electron chi connectivity index (χ0n) is 11.0. The second kappa shape index (κ2) is 7.69. The molecular formula is C12H24ClNO2. The Kier molecular flexibility index (Phi) is 8.57. The van der Waals surface area contributed by atoms with Crippen LogP contribution < -0.4 is 12.4 Å².